The highest BCUT2D eigenvalue weighted by molar-refractivity contribution is 5.27. The fourth-order valence-electron chi connectivity index (χ4n) is 1.74. The van der Waals surface area contributed by atoms with E-state index in [1.807, 2.05) is 18.3 Å². The molecule has 0 amide bonds. The Morgan fingerprint density at radius 3 is 2.53 bits per heavy atom. The van der Waals surface area contributed by atoms with Crippen LogP contribution in [0, 0.1) is 0 Å². The smallest absolute Gasteiger partial charge is 0.0479 e. The third kappa shape index (κ3) is 2.44. The summed E-state index contributed by atoms with van der Waals surface area (Å²) in [6, 6.07) is 14.7. The fraction of sp³-hybridized carbons (Fsp3) is 0.214. The second-order valence-electron chi connectivity index (χ2n) is 3.63. The summed E-state index contributed by atoms with van der Waals surface area (Å²) < 4.78 is 0. The molecule has 0 N–H and O–H groups in total. The Morgan fingerprint density at radius 1 is 1.00 bits per heavy atom. The van der Waals surface area contributed by atoms with Gasteiger partial charge in [-0.15, -0.1) is 0 Å². The van der Waals surface area contributed by atoms with Crippen molar-refractivity contribution in [2.45, 2.75) is 19.8 Å². The number of pyridine rings is 1. The zero-order valence-corrected chi connectivity index (χ0v) is 8.98. The van der Waals surface area contributed by atoms with Crippen LogP contribution in [0.1, 0.15) is 23.7 Å². The van der Waals surface area contributed by atoms with Gasteiger partial charge in [-0.05, 0) is 23.6 Å². The van der Waals surface area contributed by atoms with Gasteiger partial charge in [-0.2, -0.15) is 0 Å². The van der Waals surface area contributed by atoms with Crippen LogP contribution >= 0.6 is 0 Å². The first-order valence-electron chi connectivity index (χ1n) is 5.37. The molecule has 0 unspecified atom stereocenters. The van der Waals surface area contributed by atoms with Crippen molar-refractivity contribution in [2.75, 3.05) is 0 Å². The van der Waals surface area contributed by atoms with Crippen LogP contribution in [0.2, 0.25) is 0 Å². The Bertz CT molecular complexity index is 420. The molecule has 0 bridgehead atoms. The van der Waals surface area contributed by atoms with E-state index in [4.69, 9.17) is 0 Å². The van der Waals surface area contributed by atoms with Crippen LogP contribution < -0.4 is 0 Å². The molecule has 1 heterocycles. The molecule has 15 heavy (non-hydrogen) atoms. The fourth-order valence-corrected chi connectivity index (χ4v) is 1.74. The maximum Gasteiger partial charge on any atom is 0.0479 e. The average Bonchev–Trinajstić information content (AvgIpc) is 2.31. The molecule has 0 fully saturated rings. The van der Waals surface area contributed by atoms with Crippen molar-refractivity contribution in [1.82, 2.24) is 4.98 Å². The number of hydrogen-bond donors (Lipinski definition) is 0. The molecule has 76 valence electrons. The largest absolute Gasteiger partial charge is 0.261 e. The Kier molecular flexibility index (Phi) is 3.13. The Labute approximate surface area is 90.8 Å². The first-order valence-corrected chi connectivity index (χ1v) is 5.37. The maximum absolute atomic E-state index is 4.44. The van der Waals surface area contributed by atoms with Crippen LogP contribution in [0.15, 0.2) is 48.7 Å². The van der Waals surface area contributed by atoms with Gasteiger partial charge in [0, 0.05) is 18.3 Å². The molecular formula is C14H15N. The molecular weight excluding hydrogens is 182 g/mol. The zero-order chi connectivity index (χ0) is 10.5. The lowest BCUT2D eigenvalue weighted by Crippen LogP contribution is -1.97. The van der Waals surface area contributed by atoms with Crippen molar-refractivity contribution in [2.24, 2.45) is 0 Å². The van der Waals surface area contributed by atoms with Gasteiger partial charge in [0.25, 0.3) is 0 Å². The molecule has 0 aliphatic heterocycles. The zero-order valence-electron chi connectivity index (χ0n) is 8.98. The van der Waals surface area contributed by atoms with Crippen molar-refractivity contribution < 1.29 is 0 Å². The molecule has 0 radical (unpaired) electrons. The lowest BCUT2D eigenvalue weighted by atomic mass is 10.0. The number of hydrogen-bond acceptors (Lipinski definition) is 1. The van der Waals surface area contributed by atoms with Crippen LogP contribution in [-0.4, -0.2) is 4.98 Å². The lowest BCUT2D eigenvalue weighted by Gasteiger charge is -2.05. The van der Waals surface area contributed by atoms with Gasteiger partial charge in [-0.25, -0.2) is 0 Å². The standard InChI is InChI=1S/C14H15N/c1-2-13-9-6-10-15-14(13)11-12-7-4-3-5-8-12/h3-10H,2,11H2,1H3. The number of aromatic nitrogens is 1. The van der Waals surface area contributed by atoms with E-state index in [2.05, 4.69) is 42.2 Å². The van der Waals surface area contributed by atoms with E-state index >= 15 is 0 Å². The number of benzene rings is 1. The van der Waals surface area contributed by atoms with E-state index in [-0.39, 0.29) is 0 Å². The average molecular weight is 197 g/mol. The summed E-state index contributed by atoms with van der Waals surface area (Å²) in [6.07, 6.45) is 3.86. The van der Waals surface area contributed by atoms with Crippen molar-refractivity contribution in [3.63, 3.8) is 0 Å². The molecule has 0 aliphatic carbocycles. The van der Waals surface area contributed by atoms with E-state index < -0.39 is 0 Å². The summed E-state index contributed by atoms with van der Waals surface area (Å²) in [6.45, 7) is 2.17. The molecule has 2 aromatic rings. The summed E-state index contributed by atoms with van der Waals surface area (Å²) in [5.41, 5.74) is 3.87. The van der Waals surface area contributed by atoms with Gasteiger partial charge >= 0.3 is 0 Å². The molecule has 0 saturated carbocycles. The summed E-state index contributed by atoms with van der Waals surface area (Å²) >= 11 is 0. The van der Waals surface area contributed by atoms with Gasteiger partial charge in [0.15, 0.2) is 0 Å². The topological polar surface area (TPSA) is 12.9 Å². The van der Waals surface area contributed by atoms with Crippen molar-refractivity contribution >= 4 is 0 Å². The maximum atomic E-state index is 4.44. The summed E-state index contributed by atoms with van der Waals surface area (Å²) in [4.78, 5) is 4.44. The molecule has 1 heteroatoms. The van der Waals surface area contributed by atoms with Crippen molar-refractivity contribution in [1.29, 1.82) is 0 Å². The Balaban J connectivity index is 2.24. The summed E-state index contributed by atoms with van der Waals surface area (Å²) in [7, 11) is 0. The minimum Gasteiger partial charge on any atom is -0.261 e. The van der Waals surface area contributed by atoms with Crippen molar-refractivity contribution in [3.05, 3.63) is 65.5 Å². The Morgan fingerprint density at radius 2 is 1.80 bits per heavy atom. The monoisotopic (exact) mass is 197 g/mol. The summed E-state index contributed by atoms with van der Waals surface area (Å²) in [5.74, 6) is 0. The molecule has 1 aromatic heterocycles. The minimum atomic E-state index is 0.935. The quantitative estimate of drug-likeness (QED) is 0.736. The van der Waals surface area contributed by atoms with Crippen LogP contribution in [0.5, 0.6) is 0 Å². The minimum absolute atomic E-state index is 0.935. The van der Waals surface area contributed by atoms with Crippen LogP contribution in [0.4, 0.5) is 0 Å². The highest BCUT2D eigenvalue weighted by Crippen LogP contribution is 2.11. The molecule has 0 aliphatic rings. The predicted molar refractivity (Wildman–Crippen MR) is 62.9 cm³/mol. The second-order valence-corrected chi connectivity index (χ2v) is 3.63. The first kappa shape index (κ1) is 9.91. The van der Waals surface area contributed by atoms with Crippen LogP contribution in [-0.2, 0) is 12.8 Å². The molecule has 0 atom stereocenters. The van der Waals surface area contributed by atoms with E-state index in [1.165, 1.54) is 16.8 Å². The second kappa shape index (κ2) is 4.74. The van der Waals surface area contributed by atoms with Gasteiger partial charge in [-0.3, -0.25) is 4.98 Å². The Hall–Kier alpha value is -1.63. The predicted octanol–water partition coefficient (Wildman–Crippen LogP) is 3.23. The van der Waals surface area contributed by atoms with E-state index in [9.17, 15) is 0 Å². The van der Waals surface area contributed by atoms with Crippen LogP contribution in [0.25, 0.3) is 0 Å². The molecule has 0 saturated heterocycles. The number of nitrogens with zero attached hydrogens (tertiary/aromatic N) is 1. The van der Waals surface area contributed by atoms with Gasteiger partial charge < -0.3 is 0 Å². The van der Waals surface area contributed by atoms with Gasteiger partial charge in [0.2, 0.25) is 0 Å². The van der Waals surface area contributed by atoms with E-state index in [0.29, 0.717) is 0 Å². The van der Waals surface area contributed by atoms with Crippen molar-refractivity contribution in [3.8, 4) is 0 Å². The first-order chi connectivity index (χ1) is 7.40. The van der Waals surface area contributed by atoms with Gasteiger partial charge in [-0.1, -0.05) is 43.3 Å². The van der Waals surface area contributed by atoms with Gasteiger partial charge in [0.05, 0.1) is 0 Å². The van der Waals surface area contributed by atoms with E-state index in [0.717, 1.165) is 12.8 Å². The molecule has 1 nitrogen and oxygen atoms in total. The van der Waals surface area contributed by atoms with Gasteiger partial charge in [0.1, 0.15) is 0 Å². The normalized spacial score (nSPS) is 10.2. The van der Waals surface area contributed by atoms with Crippen LogP contribution in [0.3, 0.4) is 0 Å². The molecule has 2 rings (SSSR count). The summed E-state index contributed by atoms with van der Waals surface area (Å²) in [5, 5.41) is 0. The molecule has 0 spiro atoms. The third-order valence-electron chi connectivity index (χ3n) is 2.58. The lowest BCUT2D eigenvalue weighted by molar-refractivity contribution is 0.988. The highest BCUT2D eigenvalue weighted by Gasteiger charge is 2.01. The van der Waals surface area contributed by atoms with E-state index in [1.54, 1.807) is 0 Å². The number of rotatable bonds is 3. The SMILES string of the molecule is CCc1cccnc1Cc1ccccc1. The molecule has 1 aromatic carbocycles. The highest BCUT2D eigenvalue weighted by atomic mass is 14.7. The number of aryl methyl sites for hydroxylation is 1. The third-order valence-corrected chi connectivity index (χ3v) is 2.58.